The van der Waals surface area contributed by atoms with Crippen LogP contribution in [0.2, 0.25) is 0 Å². The molecule has 0 saturated carbocycles. The van der Waals surface area contributed by atoms with Crippen molar-refractivity contribution < 1.29 is 4.74 Å². The zero-order valence-corrected chi connectivity index (χ0v) is 10.9. The molecule has 1 N–H and O–H groups in total. The van der Waals surface area contributed by atoms with E-state index in [-0.39, 0.29) is 5.92 Å². The fourth-order valence-electron chi connectivity index (χ4n) is 1.36. The van der Waals surface area contributed by atoms with Crippen molar-refractivity contribution in [3.8, 4) is 18.2 Å². The third kappa shape index (κ3) is 3.35. The van der Waals surface area contributed by atoms with Crippen molar-refractivity contribution in [2.24, 2.45) is 0 Å². The van der Waals surface area contributed by atoms with E-state index in [0.717, 1.165) is 17.2 Å². The quantitative estimate of drug-likeness (QED) is 0.626. The maximum Gasteiger partial charge on any atom is 0.221 e. The third-order valence-corrected chi connectivity index (χ3v) is 2.36. The van der Waals surface area contributed by atoms with Crippen LogP contribution in [-0.2, 0) is 0 Å². The molecule has 0 atom stereocenters. The molecule has 0 aliphatic rings. The van der Waals surface area contributed by atoms with Crippen molar-refractivity contribution >= 4 is 5.82 Å². The molecular weight excluding hydrogens is 214 g/mol. The lowest BCUT2D eigenvalue weighted by Crippen LogP contribution is -2.08. The monoisotopic (exact) mass is 233 g/mol. The first-order valence-electron chi connectivity index (χ1n) is 5.72. The fourth-order valence-corrected chi connectivity index (χ4v) is 1.36. The maximum absolute atomic E-state index is 5.58. The molecule has 1 rings (SSSR count). The second kappa shape index (κ2) is 6.09. The molecule has 4 heteroatoms. The molecule has 0 spiro atoms. The van der Waals surface area contributed by atoms with Gasteiger partial charge in [0, 0.05) is 19.4 Å². The normalized spacial score (nSPS) is 10.1. The molecule has 0 radical (unpaired) electrons. The minimum Gasteiger partial charge on any atom is -0.476 e. The zero-order valence-electron chi connectivity index (χ0n) is 10.9. The summed E-state index contributed by atoms with van der Waals surface area (Å²) >= 11 is 0. The molecule has 92 valence electrons. The maximum atomic E-state index is 5.58. The van der Waals surface area contributed by atoms with E-state index in [2.05, 4.69) is 35.1 Å². The van der Waals surface area contributed by atoms with Gasteiger partial charge in [0.2, 0.25) is 5.88 Å². The first-order chi connectivity index (χ1) is 8.10. The molecule has 0 unspecified atom stereocenters. The Labute approximate surface area is 103 Å². The number of ether oxygens (including phenoxy) is 1. The van der Waals surface area contributed by atoms with E-state index >= 15 is 0 Å². The Hall–Kier alpha value is -1.76. The molecule has 0 fully saturated rings. The van der Waals surface area contributed by atoms with Crippen molar-refractivity contribution in [3.05, 3.63) is 11.4 Å². The Morgan fingerprint density at radius 2 is 2.12 bits per heavy atom. The van der Waals surface area contributed by atoms with Crippen molar-refractivity contribution in [1.82, 2.24) is 9.97 Å². The van der Waals surface area contributed by atoms with Gasteiger partial charge in [0.15, 0.2) is 0 Å². The summed E-state index contributed by atoms with van der Waals surface area (Å²) in [5.41, 5.74) is 0.911. The predicted molar refractivity (Wildman–Crippen MR) is 69.3 cm³/mol. The predicted octanol–water partition coefficient (Wildman–Crippen LogP) is 2.35. The Morgan fingerprint density at radius 1 is 1.41 bits per heavy atom. The summed E-state index contributed by atoms with van der Waals surface area (Å²) in [4.78, 5) is 8.85. The van der Waals surface area contributed by atoms with E-state index in [1.54, 1.807) is 0 Å². The van der Waals surface area contributed by atoms with Crippen LogP contribution in [0.5, 0.6) is 5.88 Å². The Balaban J connectivity index is 3.01. The Kier molecular flexibility index (Phi) is 4.77. The Bertz CT molecular complexity index is 421. The van der Waals surface area contributed by atoms with E-state index in [4.69, 9.17) is 11.2 Å². The summed E-state index contributed by atoms with van der Waals surface area (Å²) in [5, 5.41) is 3.05. The van der Waals surface area contributed by atoms with Gasteiger partial charge in [-0.05, 0) is 6.92 Å². The molecule has 1 aromatic rings. The highest BCUT2D eigenvalue weighted by Crippen LogP contribution is 2.24. The number of hydrogen-bond donors (Lipinski definition) is 1. The minimum atomic E-state index is 0.262. The number of aromatic nitrogens is 2. The van der Waals surface area contributed by atoms with Crippen LogP contribution in [-0.4, -0.2) is 23.6 Å². The molecule has 0 amide bonds. The van der Waals surface area contributed by atoms with Gasteiger partial charge in [0.25, 0.3) is 0 Å². The topological polar surface area (TPSA) is 47.0 Å². The van der Waals surface area contributed by atoms with Crippen LogP contribution in [0.3, 0.4) is 0 Å². The van der Waals surface area contributed by atoms with Crippen molar-refractivity contribution in [2.75, 3.05) is 19.0 Å². The molecule has 17 heavy (non-hydrogen) atoms. The molecule has 1 aromatic heterocycles. The van der Waals surface area contributed by atoms with E-state index in [1.165, 1.54) is 0 Å². The summed E-state index contributed by atoms with van der Waals surface area (Å²) in [6, 6.07) is 0. The largest absolute Gasteiger partial charge is 0.476 e. The molecule has 0 aliphatic heterocycles. The van der Waals surface area contributed by atoms with Gasteiger partial charge in [-0.1, -0.05) is 13.8 Å². The Morgan fingerprint density at radius 3 is 2.65 bits per heavy atom. The highest BCUT2D eigenvalue weighted by molar-refractivity contribution is 5.48. The van der Waals surface area contributed by atoms with E-state index in [1.807, 2.05) is 14.0 Å². The van der Waals surface area contributed by atoms with Crippen LogP contribution < -0.4 is 10.1 Å². The van der Waals surface area contributed by atoms with Crippen molar-refractivity contribution in [3.63, 3.8) is 0 Å². The fraction of sp³-hybridized carbons (Fsp3) is 0.538. The van der Waals surface area contributed by atoms with Crippen LogP contribution in [0.4, 0.5) is 5.82 Å². The van der Waals surface area contributed by atoms with Crippen LogP contribution in [0.1, 0.15) is 37.6 Å². The van der Waals surface area contributed by atoms with Gasteiger partial charge in [-0.15, -0.1) is 12.3 Å². The number of anilines is 1. The van der Waals surface area contributed by atoms with Gasteiger partial charge in [0.05, 0.1) is 5.56 Å². The summed E-state index contributed by atoms with van der Waals surface area (Å²) in [6.07, 6.45) is 5.77. The first kappa shape index (κ1) is 13.3. The van der Waals surface area contributed by atoms with Crippen LogP contribution >= 0.6 is 0 Å². The number of nitrogens with zero attached hydrogens (tertiary/aromatic N) is 2. The van der Waals surface area contributed by atoms with Gasteiger partial charge in [-0.2, -0.15) is 4.98 Å². The molecular formula is C13H19N3O. The summed E-state index contributed by atoms with van der Waals surface area (Å²) in [6.45, 7) is 6.51. The summed E-state index contributed by atoms with van der Waals surface area (Å²) in [7, 11) is 1.84. The SMILES string of the molecule is C#CCCOc1nc(C(C)C)nc(NC)c1C. The average molecular weight is 233 g/mol. The van der Waals surface area contributed by atoms with Crippen LogP contribution in [0.25, 0.3) is 0 Å². The molecule has 0 saturated heterocycles. The molecule has 0 aromatic carbocycles. The third-order valence-electron chi connectivity index (χ3n) is 2.36. The van der Waals surface area contributed by atoms with Gasteiger partial charge < -0.3 is 10.1 Å². The number of hydrogen-bond acceptors (Lipinski definition) is 4. The van der Waals surface area contributed by atoms with Gasteiger partial charge >= 0.3 is 0 Å². The number of terminal acetylenes is 1. The lowest BCUT2D eigenvalue weighted by molar-refractivity contribution is 0.310. The van der Waals surface area contributed by atoms with Gasteiger partial charge in [-0.25, -0.2) is 4.98 Å². The molecule has 1 heterocycles. The molecule has 4 nitrogen and oxygen atoms in total. The number of nitrogens with one attached hydrogen (secondary N) is 1. The second-order valence-corrected chi connectivity index (χ2v) is 4.07. The van der Waals surface area contributed by atoms with E-state index in [9.17, 15) is 0 Å². The summed E-state index contributed by atoms with van der Waals surface area (Å²) < 4.78 is 5.58. The van der Waals surface area contributed by atoms with E-state index in [0.29, 0.717) is 18.9 Å². The standard InChI is InChI=1S/C13H19N3O/c1-6-7-8-17-13-10(4)12(14-5)15-11(16-13)9(2)3/h1,9H,7-8H2,2-5H3,(H,14,15,16). The minimum absolute atomic E-state index is 0.262. The van der Waals surface area contributed by atoms with Gasteiger partial charge in [0.1, 0.15) is 18.2 Å². The van der Waals surface area contributed by atoms with E-state index < -0.39 is 0 Å². The summed E-state index contributed by atoms with van der Waals surface area (Å²) in [5.74, 6) is 4.99. The second-order valence-electron chi connectivity index (χ2n) is 4.07. The average Bonchev–Trinajstić information content (AvgIpc) is 2.31. The van der Waals surface area contributed by atoms with Crippen LogP contribution in [0.15, 0.2) is 0 Å². The molecule has 0 aliphatic carbocycles. The zero-order chi connectivity index (χ0) is 12.8. The highest BCUT2D eigenvalue weighted by Gasteiger charge is 2.13. The van der Waals surface area contributed by atoms with Crippen molar-refractivity contribution in [1.29, 1.82) is 0 Å². The molecule has 0 bridgehead atoms. The van der Waals surface area contributed by atoms with Crippen LogP contribution in [0, 0.1) is 19.3 Å². The first-order valence-corrected chi connectivity index (χ1v) is 5.72. The highest BCUT2D eigenvalue weighted by atomic mass is 16.5. The smallest absolute Gasteiger partial charge is 0.221 e. The van der Waals surface area contributed by atoms with Crippen molar-refractivity contribution in [2.45, 2.75) is 33.1 Å². The van der Waals surface area contributed by atoms with Gasteiger partial charge in [-0.3, -0.25) is 0 Å². The lowest BCUT2D eigenvalue weighted by Gasteiger charge is -2.13. The lowest BCUT2D eigenvalue weighted by atomic mass is 10.2. The number of rotatable bonds is 5.